The third-order valence-corrected chi connectivity index (χ3v) is 3.94. The lowest BCUT2D eigenvalue weighted by Gasteiger charge is -2.22. The highest BCUT2D eigenvalue weighted by Crippen LogP contribution is 2.22. The summed E-state index contributed by atoms with van der Waals surface area (Å²) in [5.74, 6) is 0.873. The van der Waals surface area contributed by atoms with Gasteiger partial charge in [0.15, 0.2) is 0 Å². The summed E-state index contributed by atoms with van der Waals surface area (Å²) in [7, 11) is 0. The van der Waals surface area contributed by atoms with Crippen LogP contribution in [-0.2, 0) is 6.54 Å². The van der Waals surface area contributed by atoms with Crippen LogP contribution in [0.2, 0.25) is 0 Å². The molecule has 1 aromatic carbocycles. The van der Waals surface area contributed by atoms with Crippen molar-refractivity contribution in [2.75, 3.05) is 6.54 Å². The van der Waals surface area contributed by atoms with Crippen molar-refractivity contribution in [3.63, 3.8) is 0 Å². The van der Waals surface area contributed by atoms with E-state index in [1.54, 1.807) is 0 Å². The van der Waals surface area contributed by atoms with E-state index in [0.29, 0.717) is 0 Å². The highest BCUT2D eigenvalue weighted by atomic mass is 14.9. The van der Waals surface area contributed by atoms with Crippen molar-refractivity contribution < 1.29 is 0 Å². The van der Waals surface area contributed by atoms with Crippen molar-refractivity contribution in [2.24, 2.45) is 5.92 Å². The second-order valence-electron chi connectivity index (χ2n) is 5.39. The van der Waals surface area contributed by atoms with Crippen molar-refractivity contribution in [2.45, 2.75) is 45.6 Å². The summed E-state index contributed by atoms with van der Waals surface area (Å²) in [5.41, 5.74) is 3.28. The van der Waals surface area contributed by atoms with Crippen molar-refractivity contribution in [1.82, 2.24) is 5.32 Å². The van der Waals surface area contributed by atoms with E-state index in [1.165, 1.54) is 43.2 Å². The maximum atomic E-state index is 8.83. The average molecular weight is 242 g/mol. The number of nitriles is 1. The lowest BCUT2D eigenvalue weighted by Crippen LogP contribution is -2.24. The minimum atomic E-state index is 0.753. The van der Waals surface area contributed by atoms with E-state index in [1.807, 2.05) is 12.1 Å². The molecule has 1 aromatic rings. The highest BCUT2D eigenvalue weighted by Gasteiger charge is 2.12. The maximum Gasteiger partial charge on any atom is 0.0991 e. The largest absolute Gasteiger partial charge is 0.312 e. The van der Waals surface area contributed by atoms with E-state index < -0.39 is 0 Å². The molecule has 2 heteroatoms. The molecule has 2 nitrogen and oxygen atoms in total. The fourth-order valence-electron chi connectivity index (χ4n) is 2.77. The SMILES string of the molecule is Cc1cc(C#N)ccc1CNCC1CCCCC1. The fourth-order valence-corrected chi connectivity index (χ4v) is 2.77. The minimum Gasteiger partial charge on any atom is -0.312 e. The molecule has 0 atom stereocenters. The Morgan fingerprint density at radius 2 is 2.06 bits per heavy atom. The Morgan fingerprint density at radius 3 is 2.72 bits per heavy atom. The van der Waals surface area contributed by atoms with Gasteiger partial charge in [0.1, 0.15) is 0 Å². The third-order valence-electron chi connectivity index (χ3n) is 3.94. The molecular weight excluding hydrogens is 220 g/mol. The first-order chi connectivity index (χ1) is 8.79. The van der Waals surface area contributed by atoms with Gasteiger partial charge in [-0.2, -0.15) is 5.26 Å². The Hall–Kier alpha value is -1.33. The van der Waals surface area contributed by atoms with Gasteiger partial charge in [-0.25, -0.2) is 0 Å². The van der Waals surface area contributed by atoms with Gasteiger partial charge < -0.3 is 5.32 Å². The van der Waals surface area contributed by atoms with Crippen LogP contribution < -0.4 is 5.32 Å². The van der Waals surface area contributed by atoms with Gasteiger partial charge in [-0.3, -0.25) is 0 Å². The summed E-state index contributed by atoms with van der Waals surface area (Å²) >= 11 is 0. The van der Waals surface area contributed by atoms with Crippen molar-refractivity contribution in [3.05, 3.63) is 34.9 Å². The fraction of sp³-hybridized carbons (Fsp3) is 0.562. The van der Waals surface area contributed by atoms with E-state index in [-0.39, 0.29) is 0 Å². The second-order valence-corrected chi connectivity index (χ2v) is 5.39. The molecule has 0 radical (unpaired) electrons. The maximum absolute atomic E-state index is 8.83. The van der Waals surface area contributed by atoms with Gasteiger partial charge in [-0.1, -0.05) is 25.3 Å². The first-order valence-electron chi connectivity index (χ1n) is 7.00. The number of nitrogens with one attached hydrogen (secondary N) is 1. The quantitative estimate of drug-likeness (QED) is 0.876. The Labute approximate surface area is 110 Å². The summed E-state index contributed by atoms with van der Waals surface area (Å²) in [6, 6.07) is 8.13. The predicted octanol–water partition coefficient (Wildman–Crippen LogP) is 3.54. The number of hydrogen-bond donors (Lipinski definition) is 1. The molecule has 0 unspecified atom stereocenters. The van der Waals surface area contributed by atoms with Gasteiger partial charge in [0.25, 0.3) is 0 Å². The van der Waals surface area contributed by atoms with Gasteiger partial charge >= 0.3 is 0 Å². The van der Waals surface area contributed by atoms with E-state index in [2.05, 4.69) is 24.4 Å². The summed E-state index contributed by atoms with van der Waals surface area (Å²) in [6.45, 7) is 4.14. The molecule has 96 valence electrons. The van der Waals surface area contributed by atoms with Gasteiger partial charge in [-0.05, 0) is 55.5 Å². The Bertz CT molecular complexity index is 425. The molecule has 0 bridgehead atoms. The van der Waals surface area contributed by atoms with Crippen molar-refractivity contribution >= 4 is 0 Å². The van der Waals surface area contributed by atoms with Gasteiger partial charge in [-0.15, -0.1) is 0 Å². The van der Waals surface area contributed by atoms with Crippen LogP contribution in [-0.4, -0.2) is 6.54 Å². The smallest absolute Gasteiger partial charge is 0.0991 e. The summed E-state index contributed by atoms with van der Waals surface area (Å²) < 4.78 is 0. The second kappa shape index (κ2) is 6.56. The molecule has 18 heavy (non-hydrogen) atoms. The first-order valence-corrected chi connectivity index (χ1v) is 7.00. The summed E-state index contributed by atoms with van der Waals surface area (Å²) in [6.07, 6.45) is 7.01. The molecule has 1 fully saturated rings. The Morgan fingerprint density at radius 1 is 1.28 bits per heavy atom. The molecule has 1 saturated carbocycles. The number of rotatable bonds is 4. The van der Waals surface area contributed by atoms with Gasteiger partial charge in [0.2, 0.25) is 0 Å². The zero-order chi connectivity index (χ0) is 12.8. The Balaban J connectivity index is 1.81. The lowest BCUT2D eigenvalue weighted by molar-refractivity contribution is 0.342. The van der Waals surface area contributed by atoms with Crippen molar-refractivity contribution in [3.8, 4) is 6.07 Å². The van der Waals surface area contributed by atoms with Crippen LogP contribution in [0.1, 0.15) is 48.8 Å². The molecule has 1 aliphatic carbocycles. The van der Waals surface area contributed by atoms with Crippen LogP contribution >= 0.6 is 0 Å². The normalized spacial score (nSPS) is 16.4. The van der Waals surface area contributed by atoms with E-state index in [9.17, 15) is 0 Å². The molecule has 0 spiro atoms. The molecule has 0 aliphatic heterocycles. The summed E-state index contributed by atoms with van der Waals surface area (Å²) in [4.78, 5) is 0. The van der Waals surface area contributed by atoms with Crippen molar-refractivity contribution in [1.29, 1.82) is 5.26 Å². The molecule has 0 aromatic heterocycles. The van der Waals surface area contributed by atoms with Crippen LogP contribution in [0.5, 0.6) is 0 Å². The van der Waals surface area contributed by atoms with Crippen LogP contribution in [0.25, 0.3) is 0 Å². The van der Waals surface area contributed by atoms with Crippen LogP contribution in [0, 0.1) is 24.2 Å². The topological polar surface area (TPSA) is 35.8 Å². The molecule has 0 heterocycles. The number of benzene rings is 1. The number of nitrogens with zero attached hydrogens (tertiary/aromatic N) is 1. The average Bonchev–Trinajstić information content (AvgIpc) is 2.42. The van der Waals surface area contributed by atoms with E-state index >= 15 is 0 Å². The molecule has 1 aliphatic rings. The minimum absolute atomic E-state index is 0.753. The highest BCUT2D eigenvalue weighted by molar-refractivity contribution is 5.37. The standard InChI is InChI=1S/C16H22N2/c1-13-9-15(10-17)7-8-16(13)12-18-11-14-5-3-2-4-6-14/h7-9,14,18H,2-6,11-12H2,1H3. The van der Waals surface area contributed by atoms with Crippen LogP contribution in [0.4, 0.5) is 0 Å². The van der Waals surface area contributed by atoms with Crippen LogP contribution in [0.15, 0.2) is 18.2 Å². The lowest BCUT2D eigenvalue weighted by atomic mass is 9.89. The third kappa shape index (κ3) is 3.58. The number of aryl methyl sites for hydroxylation is 1. The Kier molecular flexibility index (Phi) is 4.78. The van der Waals surface area contributed by atoms with E-state index in [4.69, 9.17) is 5.26 Å². The first kappa shape index (κ1) is 13.1. The molecular formula is C16H22N2. The number of hydrogen-bond acceptors (Lipinski definition) is 2. The molecule has 0 amide bonds. The van der Waals surface area contributed by atoms with Gasteiger partial charge in [0, 0.05) is 6.54 Å². The summed E-state index contributed by atoms with van der Waals surface area (Å²) in [5, 5.41) is 12.4. The molecule has 0 saturated heterocycles. The molecule has 2 rings (SSSR count). The van der Waals surface area contributed by atoms with E-state index in [0.717, 1.165) is 24.6 Å². The zero-order valence-corrected chi connectivity index (χ0v) is 11.2. The molecule has 1 N–H and O–H groups in total. The predicted molar refractivity (Wildman–Crippen MR) is 74.2 cm³/mol. The van der Waals surface area contributed by atoms with Crippen LogP contribution in [0.3, 0.4) is 0 Å². The monoisotopic (exact) mass is 242 g/mol. The van der Waals surface area contributed by atoms with Gasteiger partial charge in [0.05, 0.1) is 11.6 Å². The zero-order valence-electron chi connectivity index (χ0n) is 11.2.